The lowest BCUT2D eigenvalue weighted by atomic mass is 10.1. The summed E-state index contributed by atoms with van der Waals surface area (Å²) < 4.78 is 0. The minimum atomic E-state index is -0.100. The summed E-state index contributed by atoms with van der Waals surface area (Å²) in [6.45, 7) is 7.76. The molecule has 0 aliphatic carbocycles. The molecule has 1 amide bonds. The number of rotatable bonds is 6. The summed E-state index contributed by atoms with van der Waals surface area (Å²) in [5.74, 6) is 1.62. The van der Waals surface area contributed by atoms with E-state index in [1.165, 1.54) is 0 Å². The van der Waals surface area contributed by atoms with Gasteiger partial charge in [0.05, 0.1) is 0 Å². The van der Waals surface area contributed by atoms with Gasteiger partial charge in [0.2, 0.25) is 0 Å². The summed E-state index contributed by atoms with van der Waals surface area (Å²) in [6.07, 6.45) is 6.59. The molecular weight excluding hydrogens is 314 g/mol. The van der Waals surface area contributed by atoms with Gasteiger partial charge < -0.3 is 5.32 Å². The zero-order valence-corrected chi connectivity index (χ0v) is 14.9. The quantitative estimate of drug-likeness (QED) is 0.874. The maximum atomic E-state index is 12.1. The average Bonchev–Trinajstić information content (AvgIpc) is 3.08. The molecule has 0 saturated carbocycles. The number of pyridine rings is 1. The minimum absolute atomic E-state index is 0.100. The molecule has 6 nitrogen and oxygen atoms in total. The Morgan fingerprint density at radius 2 is 2.08 bits per heavy atom. The third kappa shape index (κ3) is 4.82. The zero-order chi connectivity index (χ0) is 17.6. The maximum Gasteiger partial charge on any atom is 0.269 e. The van der Waals surface area contributed by atoms with Crippen LogP contribution >= 0.6 is 0 Å². The Kier molecular flexibility index (Phi) is 5.71. The van der Waals surface area contributed by atoms with Gasteiger partial charge in [-0.1, -0.05) is 19.9 Å². The molecule has 3 rings (SSSR count). The minimum Gasteiger partial charge on any atom is -0.350 e. The third-order valence-corrected chi connectivity index (χ3v) is 4.47. The molecule has 132 valence electrons. The van der Waals surface area contributed by atoms with Gasteiger partial charge >= 0.3 is 0 Å². The lowest BCUT2D eigenvalue weighted by Crippen LogP contribution is -2.31. The van der Waals surface area contributed by atoms with E-state index in [-0.39, 0.29) is 5.91 Å². The fraction of sp³-hybridized carbons (Fsp3) is 0.474. The number of carbonyl (C=O) groups excluding carboxylic acids is 1. The van der Waals surface area contributed by atoms with Crippen LogP contribution in [-0.4, -0.2) is 45.4 Å². The van der Waals surface area contributed by atoms with E-state index >= 15 is 0 Å². The molecule has 6 heteroatoms. The van der Waals surface area contributed by atoms with E-state index in [4.69, 9.17) is 0 Å². The fourth-order valence-corrected chi connectivity index (χ4v) is 3.05. The van der Waals surface area contributed by atoms with E-state index in [0.717, 1.165) is 37.4 Å². The number of carbonyl (C=O) groups is 1. The van der Waals surface area contributed by atoms with Crippen molar-refractivity contribution in [3.63, 3.8) is 0 Å². The monoisotopic (exact) mass is 339 g/mol. The molecular formula is C19H25N5O. The number of amides is 1. The van der Waals surface area contributed by atoms with Gasteiger partial charge in [-0.3, -0.25) is 14.7 Å². The van der Waals surface area contributed by atoms with Crippen molar-refractivity contribution < 1.29 is 4.79 Å². The van der Waals surface area contributed by atoms with Gasteiger partial charge in [0.1, 0.15) is 11.5 Å². The molecule has 0 spiro atoms. The molecule has 1 atom stereocenters. The lowest BCUT2D eigenvalue weighted by Gasteiger charge is -2.16. The van der Waals surface area contributed by atoms with Crippen LogP contribution in [0.2, 0.25) is 0 Å². The van der Waals surface area contributed by atoms with E-state index in [1.54, 1.807) is 12.3 Å². The molecule has 1 N–H and O–H groups in total. The van der Waals surface area contributed by atoms with Gasteiger partial charge in [-0.25, -0.2) is 9.97 Å². The molecule has 2 aromatic heterocycles. The summed E-state index contributed by atoms with van der Waals surface area (Å²) >= 11 is 0. The number of aromatic nitrogens is 3. The standard InChI is InChI=1S/C19H25N5O/c1-14(2)18-21-10-16(11-22-18)13-24-8-6-15(12-24)9-23-19(25)17-5-3-4-7-20-17/h3-5,7,10-11,14-15H,6,8-9,12-13H2,1-2H3,(H,23,25)/t15-/m0/s1. The van der Waals surface area contributed by atoms with Crippen molar-refractivity contribution in [1.29, 1.82) is 0 Å². The second-order valence-electron chi connectivity index (χ2n) is 6.92. The smallest absolute Gasteiger partial charge is 0.269 e. The molecule has 2 aromatic rings. The van der Waals surface area contributed by atoms with Crippen LogP contribution < -0.4 is 5.32 Å². The first-order valence-electron chi connectivity index (χ1n) is 8.84. The van der Waals surface area contributed by atoms with Crippen molar-refractivity contribution in [2.75, 3.05) is 19.6 Å². The van der Waals surface area contributed by atoms with Gasteiger partial charge in [0.25, 0.3) is 5.91 Å². The van der Waals surface area contributed by atoms with Crippen LogP contribution in [0, 0.1) is 5.92 Å². The van der Waals surface area contributed by atoms with Crippen LogP contribution in [0.15, 0.2) is 36.8 Å². The first-order chi connectivity index (χ1) is 12.1. The Bertz CT molecular complexity index is 687. The molecule has 0 unspecified atom stereocenters. The Morgan fingerprint density at radius 3 is 2.76 bits per heavy atom. The first-order valence-corrected chi connectivity index (χ1v) is 8.84. The molecule has 0 aromatic carbocycles. The van der Waals surface area contributed by atoms with Crippen molar-refractivity contribution in [3.8, 4) is 0 Å². The number of hydrogen-bond acceptors (Lipinski definition) is 5. The zero-order valence-electron chi connectivity index (χ0n) is 14.9. The molecule has 0 bridgehead atoms. The van der Waals surface area contributed by atoms with Crippen molar-refractivity contribution in [2.45, 2.75) is 32.7 Å². The number of nitrogens with zero attached hydrogens (tertiary/aromatic N) is 4. The van der Waals surface area contributed by atoms with Crippen molar-refractivity contribution in [3.05, 3.63) is 53.9 Å². The highest BCUT2D eigenvalue weighted by Gasteiger charge is 2.23. The van der Waals surface area contributed by atoms with Gasteiger partial charge in [-0.2, -0.15) is 0 Å². The Balaban J connectivity index is 1.45. The van der Waals surface area contributed by atoms with Crippen LogP contribution in [0.5, 0.6) is 0 Å². The van der Waals surface area contributed by atoms with Crippen LogP contribution in [0.4, 0.5) is 0 Å². The van der Waals surface area contributed by atoms with Gasteiger partial charge in [0.15, 0.2) is 0 Å². The van der Waals surface area contributed by atoms with E-state index in [1.807, 2.05) is 24.5 Å². The highest BCUT2D eigenvalue weighted by Crippen LogP contribution is 2.18. The highest BCUT2D eigenvalue weighted by molar-refractivity contribution is 5.92. The van der Waals surface area contributed by atoms with Crippen molar-refractivity contribution in [1.82, 2.24) is 25.2 Å². The van der Waals surface area contributed by atoms with Crippen LogP contribution in [0.3, 0.4) is 0 Å². The van der Waals surface area contributed by atoms with Crippen molar-refractivity contribution in [2.24, 2.45) is 5.92 Å². The van der Waals surface area contributed by atoms with Crippen LogP contribution in [0.1, 0.15) is 48.1 Å². The summed E-state index contributed by atoms with van der Waals surface area (Å²) in [6, 6.07) is 5.37. The number of nitrogens with one attached hydrogen (secondary N) is 1. The third-order valence-electron chi connectivity index (χ3n) is 4.47. The molecule has 3 heterocycles. The fourth-order valence-electron chi connectivity index (χ4n) is 3.05. The predicted octanol–water partition coefficient (Wildman–Crippen LogP) is 2.25. The number of likely N-dealkylation sites (tertiary alicyclic amines) is 1. The maximum absolute atomic E-state index is 12.1. The largest absolute Gasteiger partial charge is 0.350 e. The molecule has 1 fully saturated rings. The second kappa shape index (κ2) is 8.16. The first kappa shape index (κ1) is 17.5. The van der Waals surface area contributed by atoms with Crippen LogP contribution in [0.25, 0.3) is 0 Å². The Hall–Kier alpha value is -2.34. The number of hydrogen-bond donors (Lipinski definition) is 1. The average molecular weight is 339 g/mol. The van der Waals surface area contributed by atoms with E-state index in [0.29, 0.717) is 24.1 Å². The molecule has 0 radical (unpaired) electrons. The van der Waals surface area contributed by atoms with Gasteiger partial charge in [-0.05, 0) is 31.0 Å². The molecule has 25 heavy (non-hydrogen) atoms. The summed E-state index contributed by atoms with van der Waals surface area (Å²) in [4.78, 5) is 27.4. The van der Waals surface area contributed by atoms with E-state index in [9.17, 15) is 4.79 Å². The van der Waals surface area contributed by atoms with E-state index < -0.39 is 0 Å². The predicted molar refractivity (Wildman–Crippen MR) is 96.1 cm³/mol. The lowest BCUT2D eigenvalue weighted by molar-refractivity contribution is 0.0942. The molecule has 1 aliphatic heterocycles. The Labute approximate surface area is 148 Å². The topological polar surface area (TPSA) is 71.0 Å². The summed E-state index contributed by atoms with van der Waals surface area (Å²) in [5.41, 5.74) is 1.61. The van der Waals surface area contributed by atoms with Gasteiger partial charge in [-0.15, -0.1) is 0 Å². The SMILES string of the molecule is CC(C)c1ncc(CN2CC[C@@H](CNC(=O)c3ccccn3)C2)cn1. The molecule has 1 aliphatic rings. The Morgan fingerprint density at radius 1 is 1.28 bits per heavy atom. The van der Waals surface area contributed by atoms with E-state index in [2.05, 4.69) is 39.0 Å². The molecule has 1 saturated heterocycles. The second-order valence-corrected chi connectivity index (χ2v) is 6.92. The summed E-state index contributed by atoms with van der Waals surface area (Å²) in [5, 5.41) is 2.99. The van der Waals surface area contributed by atoms with Gasteiger partial charge in [0, 0.05) is 49.7 Å². The van der Waals surface area contributed by atoms with Crippen molar-refractivity contribution >= 4 is 5.91 Å². The highest BCUT2D eigenvalue weighted by atomic mass is 16.1. The summed E-state index contributed by atoms with van der Waals surface area (Å²) in [7, 11) is 0. The van der Waals surface area contributed by atoms with Crippen LogP contribution in [-0.2, 0) is 6.54 Å². The normalized spacial score (nSPS) is 17.8.